The smallest absolute Gasteiger partial charge is 0.276 e. The van der Waals surface area contributed by atoms with E-state index in [1.54, 1.807) is 0 Å². The van der Waals surface area contributed by atoms with Gasteiger partial charge in [0.05, 0.1) is 0 Å². The number of nitrogen functional groups attached to an aromatic ring is 2. The lowest BCUT2D eigenvalue weighted by Gasteiger charge is -1.91. The van der Waals surface area contributed by atoms with Gasteiger partial charge in [-0.15, -0.1) is 0 Å². The van der Waals surface area contributed by atoms with Crippen molar-refractivity contribution >= 4 is 11.8 Å². The number of rotatable bonds is 0. The molecule has 0 atom stereocenters. The topological polar surface area (TPSA) is 97.7 Å². The molecule has 0 saturated heterocycles. The number of nitrogens with two attached hydrogens (primary N) is 2. The third-order valence-corrected chi connectivity index (χ3v) is 0.740. The molecule has 0 saturated carbocycles. The van der Waals surface area contributed by atoms with Crippen molar-refractivity contribution < 1.29 is 5.11 Å². The molecule has 1 aromatic heterocycles. The lowest BCUT2D eigenvalue weighted by atomic mass is 10.6. The third kappa shape index (κ3) is 1.18. The van der Waals surface area contributed by atoms with E-state index in [1.165, 1.54) is 0 Å². The van der Waals surface area contributed by atoms with Crippen molar-refractivity contribution in [3.63, 3.8) is 0 Å². The maximum absolute atomic E-state index is 10.4. The van der Waals surface area contributed by atoms with Gasteiger partial charge in [0, 0.05) is 6.07 Å². The summed E-state index contributed by atoms with van der Waals surface area (Å²) in [6.45, 7) is 0. The quantitative estimate of drug-likeness (QED) is 0.501. The zero-order valence-electron chi connectivity index (χ0n) is 4.53. The molecule has 0 aliphatic carbocycles. The van der Waals surface area contributed by atoms with Gasteiger partial charge in [-0.3, -0.25) is 5.11 Å². The molecule has 5 heteroatoms. The predicted molar refractivity (Wildman–Crippen MR) is 31.0 cm³/mol. The molecule has 9 heavy (non-hydrogen) atoms. The first kappa shape index (κ1) is 5.61. The SMILES string of the molecule is Nc1cc([O])nc(N)n1. The summed E-state index contributed by atoms with van der Waals surface area (Å²) in [7, 11) is 0. The Bertz CT molecular complexity index is 173. The molecule has 0 bridgehead atoms. The number of hydrogen-bond acceptors (Lipinski definition) is 4. The van der Waals surface area contributed by atoms with Crippen LogP contribution in [0, 0.1) is 0 Å². The van der Waals surface area contributed by atoms with Gasteiger partial charge in [0.2, 0.25) is 5.95 Å². The molecule has 0 spiro atoms. The third-order valence-electron chi connectivity index (χ3n) is 0.740. The van der Waals surface area contributed by atoms with E-state index in [0.29, 0.717) is 0 Å². The Balaban J connectivity index is 3.17. The van der Waals surface area contributed by atoms with Crippen LogP contribution in [0.5, 0.6) is 5.88 Å². The van der Waals surface area contributed by atoms with E-state index in [4.69, 9.17) is 11.5 Å². The first-order valence-electron chi connectivity index (χ1n) is 2.25. The van der Waals surface area contributed by atoms with Crippen molar-refractivity contribution in [2.24, 2.45) is 0 Å². The van der Waals surface area contributed by atoms with Crippen molar-refractivity contribution in [3.05, 3.63) is 6.07 Å². The van der Waals surface area contributed by atoms with Crippen molar-refractivity contribution in [2.75, 3.05) is 11.5 Å². The number of anilines is 2. The molecule has 1 aromatic rings. The first-order chi connectivity index (χ1) is 4.18. The molecular formula is C4H5N4O. The monoisotopic (exact) mass is 125 g/mol. The van der Waals surface area contributed by atoms with Crippen LogP contribution < -0.4 is 11.5 Å². The highest BCUT2D eigenvalue weighted by atomic mass is 16.3. The van der Waals surface area contributed by atoms with Gasteiger partial charge >= 0.3 is 0 Å². The largest absolute Gasteiger partial charge is 0.383 e. The van der Waals surface area contributed by atoms with Gasteiger partial charge in [0.25, 0.3) is 5.88 Å². The van der Waals surface area contributed by atoms with Crippen LogP contribution in [0.4, 0.5) is 11.8 Å². The molecule has 4 N–H and O–H groups in total. The summed E-state index contributed by atoms with van der Waals surface area (Å²) in [5, 5.41) is 10.4. The highest BCUT2D eigenvalue weighted by Crippen LogP contribution is 2.09. The average molecular weight is 125 g/mol. The molecule has 1 rings (SSSR count). The van der Waals surface area contributed by atoms with Crippen LogP contribution in [0.1, 0.15) is 0 Å². The Morgan fingerprint density at radius 2 is 2.00 bits per heavy atom. The minimum absolute atomic E-state index is 0.0833. The zero-order valence-corrected chi connectivity index (χ0v) is 4.53. The minimum Gasteiger partial charge on any atom is -0.383 e. The van der Waals surface area contributed by atoms with Crippen molar-refractivity contribution in [1.29, 1.82) is 0 Å². The average Bonchev–Trinajstić information content (AvgIpc) is 1.59. The van der Waals surface area contributed by atoms with Crippen molar-refractivity contribution in [1.82, 2.24) is 9.97 Å². The van der Waals surface area contributed by atoms with E-state index >= 15 is 0 Å². The van der Waals surface area contributed by atoms with Crippen LogP contribution in [-0.2, 0) is 5.11 Å². The Kier molecular flexibility index (Phi) is 1.11. The molecule has 1 radical (unpaired) electrons. The molecule has 0 aliphatic rings. The Morgan fingerprint density at radius 1 is 1.33 bits per heavy atom. The van der Waals surface area contributed by atoms with Crippen LogP contribution in [0.2, 0.25) is 0 Å². The second-order valence-corrected chi connectivity index (χ2v) is 1.49. The molecule has 0 aliphatic heterocycles. The summed E-state index contributed by atoms with van der Waals surface area (Å²) in [4.78, 5) is 6.74. The highest BCUT2D eigenvalue weighted by molar-refractivity contribution is 5.37. The summed E-state index contributed by atoms with van der Waals surface area (Å²) >= 11 is 0. The summed E-state index contributed by atoms with van der Waals surface area (Å²) < 4.78 is 0. The zero-order chi connectivity index (χ0) is 6.85. The fraction of sp³-hybridized carbons (Fsp3) is 0. The second-order valence-electron chi connectivity index (χ2n) is 1.49. The maximum Gasteiger partial charge on any atom is 0.276 e. The Hall–Kier alpha value is -1.52. The maximum atomic E-state index is 10.4. The fourth-order valence-corrected chi connectivity index (χ4v) is 0.461. The van der Waals surface area contributed by atoms with E-state index in [-0.39, 0.29) is 11.8 Å². The van der Waals surface area contributed by atoms with Gasteiger partial charge in [-0.05, 0) is 0 Å². The van der Waals surface area contributed by atoms with E-state index < -0.39 is 5.88 Å². The highest BCUT2D eigenvalue weighted by Gasteiger charge is 1.96. The van der Waals surface area contributed by atoms with Gasteiger partial charge in [0.1, 0.15) is 5.82 Å². The van der Waals surface area contributed by atoms with Gasteiger partial charge in [0.15, 0.2) is 0 Å². The van der Waals surface area contributed by atoms with Crippen molar-refractivity contribution in [3.8, 4) is 5.88 Å². The molecule has 0 amide bonds. The number of aromatic nitrogens is 2. The number of hydrogen-bond donors (Lipinski definition) is 2. The van der Waals surface area contributed by atoms with Gasteiger partial charge < -0.3 is 11.5 Å². The molecule has 0 unspecified atom stereocenters. The van der Waals surface area contributed by atoms with Crippen LogP contribution in [0.3, 0.4) is 0 Å². The molecule has 47 valence electrons. The molecule has 0 fully saturated rings. The van der Waals surface area contributed by atoms with E-state index in [0.717, 1.165) is 6.07 Å². The van der Waals surface area contributed by atoms with Crippen LogP contribution in [-0.4, -0.2) is 9.97 Å². The summed E-state index contributed by atoms with van der Waals surface area (Å²) in [6.07, 6.45) is 0. The van der Waals surface area contributed by atoms with Crippen LogP contribution >= 0.6 is 0 Å². The lowest BCUT2D eigenvalue weighted by Crippen LogP contribution is -1.97. The van der Waals surface area contributed by atoms with Crippen LogP contribution in [0.15, 0.2) is 6.07 Å². The van der Waals surface area contributed by atoms with E-state index in [9.17, 15) is 5.11 Å². The van der Waals surface area contributed by atoms with Gasteiger partial charge in [-0.2, -0.15) is 9.97 Å². The van der Waals surface area contributed by atoms with Crippen molar-refractivity contribution in [2.45, 2.75) is 0 Å². The lowest BCUT2D eigenvalue weighted by molar-refractivity contribution is 0.338. The van der Waals surface area contributed by atoms with E-state index in [2.05, 4.69) is 9.97 Å². The first-order valence-corrected chi connectivity index (χ1v) is 2.25. The summed E-state index contributed by atoms with van der Waals surface area (Å²) in [6, 6.07) is 1.11. The van der Waals surface area contributed by atoms with Gasteiger partial charge in [-0.1, -0.05) is 0 Å². The molecule has 5 nitrogen and oxygen atoms in total. The summed E-state index contributed by atoms with van der Waals surface area (Å²) in [5.41, 5.74) is 10.2. The second kappa shape index (κ2) is 1.77. The molecular weight excluding hydrogens is 120 g/mol. The fourth-order valence-electron chi connectivity index (χ4n) is 0.461. The molecule has 0 aromatic carbocycles. The predicted octanol–water partition coefficient (Wildman–Crippen LogP) is -0.215. The molecule has 1 heterocycles. The minimum atomic E-state index is -0.458. The Morgan fingerprint density at radius 3 is 2.44 bits per heavy atom. The van der Waals surface area contributed by atoms with E-state index in [1.807, 2.05) is 0 Å². The number of nitrogens with zero attached hydrogens (tertiary/aromatic N) is 2. The van der Waals surface area contributed by atoms with Crippen LogP contribution in [0.25, 0.3) is 0 Å². The van der Waals surface area contributed by atoms with Gasteiger partial charge in [-0.25, -0.2) is 0 Å². The summed E-state index contributed by atoms with van der Waals surface area (Å²) in [5.74, 6) is -0.437. The Labute approximate surface area is 51.3 Å². The standard InChI is InChI=1S/C4H5N4O/c5-2-1-3(9)8-4(6)7-2/h1H,(H4,5,6,7,8). The normalized spacial score (nSPS) is 9.33.